The minimum absolute atomic E-state index is 0.195. The van der Waals surface area contributed by atoms with Gasteiger partial charge in [-0.2, -0.15) is 0 Å². The molecule has 36 heavy (non-hydrogen) atoms. The molecule has 0 saturated carbocycles. The van der Waals surface area contributed by atoms with Gasteiger partial charge in [0.05, 0.1) is 18.6 Å². The van der Waals surface area contributed by atoms with Crippen molar-refractivity contribution in [2.24, 2.45) is 0 Å². The molecule has 0 aromatic heterocycles. The van der Waals surface area contributed by atoms with Crippen LogP contribution in [0.4, 0.5) is 0 Å². The Morgan fingerprint density at radius 1 is 1.00 bits per heavy atom. The Labute approximate surface area is 214 Å². The Hall–Kier alpha value is -3.68. The predicted molar refractivity (Wildman–Crippen MR) is 135 cm³/mol. The summed E-state index contributed by atoms with van der Waals surface area (Å²) in [5.74, 6) is -1.69. The van der Waals surface area contributed by atoms with Gasteiger partial charge in [0.2, 0.25) is 5.91 Å². The van der Waals surface area contributed by atoms with Crippen LogP contribution in [0.1, 0.15) is 51.8 Å². The molecule has 0 radical (unpaired) electrons. The van der Waals surface area contributed by atoms with Crippen LogP contribution in [0.3, 0.4) is 0 Å². The lowest BCUT2D eigenvalue weighted by Crippen LogP contribution is -2.57. The van der Waals surface area contributed by atoms with Crippen molar-refractivity contribution in [1.29, 1.82) is 0 Å². The summed E-state index contributed by atoms with van der Waals surface area (Å²) in [5, 5.41) is 3.41. The van der Waals surface area contributed by atoms with Crippen molar-refractivity contribution < 1.29 is 19.2 Å². The average molecular weight is 504 g/mol. The number of rotatable bonds is 6. The van der Waals surface area contributed by atoms with Gasteiger partial charge in [0.25, 0.3) is 11.8 Å². The number of hydrogen-bond acceptors (Lipinski definition) is 4. The highest BCUT2D eigenvalue weighted by atomic mass is 35.5. The average Bonchev–Trinajstić information content (AvgIpc) is 2.90. The Morgan fingerprint density at radius 3 is 2.47 bits per heavy atom. The first-order valence-corrected chi connectivity index (χ1v) is 12.3. The summed E-state index contributed by atoms with van der Waals surface area (Å²) in [6.45, 7) is 0.761. The second-order valence-electron chi connectivity index (χ2n) is 8.96. The van der Waals surface area contributed by atoms with E-state index in [-0.39, 0.29) is 18.4 Å². The van der Waals surface area contributed by atoms with Gasteiger partial charge in [-0.1, -0.05) is 72.3 Å². The Morgan fingerprint density at radius 2 is 1.72 bits per heavy atom. The van der Waals surface area contributed by atoms with Crippen molar-refractivity contribution in [2.45, 2.75) is 37.5 Å². The standard InChI is InChI=1S/C28H26ClN3O4/c29-20-14-12-19(13-15-20)25-24(27(34)31-36-17-18-7-2-1-3-8-18)21-9-4-5-10-22(21)28(35)32(25)23-11-6-16-30-26(23)33/h1-5,7-10,12-15,23-25H,6,11,16-17H2,(H,30,33)(H,31,34)/t23-,24-,25+/m0/s1. The van der Waals surface area contributed by atoms with E-state index < -0.39 is 23.9 Å². The molecule has 0 aliphatic carbocycles. The number of hydrogen-bond donors (Lipinski definition) is 2. The monoisotopic (exact) mass is 503 g/mol. The molecule has 2 aliphatic rings. The molecule has 2 heterocycles. The molecular formula is C28H26ClN3O4. The molecule has 3 aromatic carbocycles. The largest absolute Gasteiger partial charge is 0.354 e. The number of hydroxylamine groups is 1. The van der Waals surface area contributed by atoms with E-state index in [2.05, 4.69) is 10.8 Å². The maximum atomic E-state index is 13.8. The fourth-order valence-corrected chi connectivity index (χ4v) is 5.17. The molecule has 7 nitrogen and oxygen atoms in total. The molecule has 184 valence electrons. The third-order valence-corrected chi connectivity index (χ3v) is 6.97. The second kappa shape index (κ2) is 10.5. The van der Waals surface area contributed by atoms with Crippen LogP contribution in [0.2, 0.25) is 5.02 Å². The van der Waals surface area contributed by atoms with E-state index in [0.29, 0.717) is 34.7 Å². The van der Waals surface area contributed by atoms with Crippen molar-refractivity contribution in [1.82, 2.24) is 15.7 Å². The summed E-state index contributed by atoms with van der Waals surface area (Å²) in [6.07, 6.45) is 1.26. The summed E-state index contributed by atoms with van der Waals surface area (Å²) in [6, 6.07) is 22.2. The number of benzene rings is 3. The van der Waals surface area contributed by atoms with Crippen LogP contribution in [0, 0.1) is 0 Å². The van der Waals surface area contributed by atoms with Crippen molar-refractivity contribution in [3.05, 3.63) is 106 Å². The van der Waals surface area contributed by atoms with E-state index in [1.807, 2.05) is 30.3 Å². The quantitative estimate of drug-likeness (QED) is 0.495. The lowest BCUT2D eigenvalue weighted by molar-refractivity contribution is -0.139. The van der Waals surface area contributed by atoms with Crippen LogP contribution in [-0.4, -0.2) is 35.2 Å². The number of piperidine rings is 1. The number of fused-ring (bicyclic) bond motifs is 1. The molecule has 5 rings (SSSR count). The zero-order chi connectivity index (χ0) is 25.1. The molecule has 0 bridgehead atoms. The fourth-order valence-electron chi connectivity index (χ4n) is 5.04. The number of amides is 3. The highest BCUT2D eigenvalue weighted by Gasteiger charge is 2.48. The molecule has 2 aliphatic heterocycles. The van der Waals surface area contributed by atoms with Crippen LogP contribution in [0.15, 0.2) is 78.9 Å². The fraction of sp³-hybridized carbons (Fsp3) is 0.250. The topological polar surface area (TPSA) is 87.7 Å². The second-order valence-corrected chi connectivity index (χ2v) is 9.40. The number of carbonyl (C=O) groups excluding carboxylic acids is 3. The van der Waals surface area contributed by atoms with Gasteiger partial charge in [0, 0.05) is 17.1 Å². The first-order chi connectivity index (χ1) is 17.5. The molecule has 3 atom stereocenters. The molecular weight excluding hydrogens is 478 g/mol. The van der Waals surface area contributed by atoms with Crippen LogP contribution in [-0.2, 0) is 21.0 Å². The van der Waals surface area contributed by atoms with Gasteiger partial charge in [0.1, 0.15) is 6.04 Å². The van der Waals surface area contributed by atoms with E-state index >= 15 is 0 Å². The lowest BCUT2D eigenvalue weighted by atomic mass is 9.78. The van der Waals surface area contributed by atoms with E-state index in [9.17, 15) is 14.4 Å². The third-order valence-electron chi connectivity index (χ3n) is 6.72. The molecule has 0 unspecified atom stereocenters. The predicted octanol–water partition coefficient (Wildman–Crippen LogP) is 4.15. The lowest BCUT2D eigenvalue weighted by Gasteiger charge is -2.45. The van der Waals surface area contributed by atoms with Crippen LogP contribution >= 0.6 is 11.6 Å². The normalized spacial score (nSPS) is 21.5. The van der Waals surface area contributed by atoms with Gasteiger partial charge < -0.3 is 10.2 Å². The van der Waals surface area contributed by atoms with Gasteiger partial charge >= 0.3 is 0 Å². The van der Waals surface area contributed by atoms with Crippen molar-refractivity contribution in [3.8, 4) is 0 Å². The maximum absolute atomic E-state index is 13.8. The van der Waals surface area contributed by atoms with Crippen molar-refractivity contribution in [2.75, 3.05) is 6.54 Å². The van der Waals surface area contributed by atoms with E-state index in [4.69, 9.17) is 16.4 Å². The van der Waals surface area contributed by atoms with E-state index in [0.717, 1.165) is 12.0 Å². The summed E-state index contributed by atoms with van der Waals surface area (Å²) in [7, 11) is 0. The third kappa shape index (κ3) is 4.72. The number of nitrogens with one attached hydrogen (secondary N) is 2. The molecule has 3 amide bonds. The molecule has 1 saturated heterocycles. The summed E-state index contributed by atoms with van der Waals surface area (Å²) >= 11 is 6.15. The molecule has 2 N–H and O–H groups in total. The van der Waals surface area contributed by atoms with Gasteiger partial charge in [-0.3, -0.25) is 19.2 Å². The van der Waals surface area contributed by atoms with Crippen LogP contribution < -0.4 is 10.8 Å². The van der Waals surface area contributed by atoms with Gasteiger partial charge in [0.15, 0.2) is 0 Å². The summed E-state index contributed by atoms with van der Waals surface area (Å²) < 4.78 is 0. The smallest absolute Gasteiger partial charge is 0.255 e. The molecule has 3 aromatic rings. The summed E-state index contributed by atoms with van der Waals surface area (Å²) in [5.41, 5.74) is 5.22. The highest BCUT2D eigenvalue weighted by Crippen LogP contribution is 2.45. The first-order valence-electron chi connectivity index (χ1n) is 11.9. The van der Waals surface area contributed by atoms with E-state index in [1.54, 1.807) is 53.4 Å². The zero-order valence-electron chi connectivity index (χ0n) is 19.5. The first kappa shape index (κ1) is 24.0. The maximum Gasteiger partial charge on any atom is 0.255 e. The SMILES string of the molecule is O=C(NOCc1ccccc1)[C@H]1c2ccccc2C(=O)N([C@H]2CCCNC2=O)[C@@H]1c1ccc(Cl)cc1. The van der Waals surface area contributed by atoms with Crippen LogP contribution in [0.25, 0.3) is 0 Å². The highest BCUT2D eigenvalue weighted by molar-refractivity contribution is 6.30. The Bertz CT molecular complexity index is 1270. The van der Waals surface area contributed by atoms with Gasteiger partial charge in [-0.25, -0.2) is 5.48 Å². The van der Waals surface area contributed by atoms with Crippen LogP contribution in [0.5, 0.6) is 0 Å². The molecule has 8 heteroatoms. The zero-order valence-corrected chi connectivity index (χ0v) is 20.3. The molecule has 1 fully saturated rings. The Kier molecular flexibility index (Phi) is 7.02. The minimum atomic E-state index is -0.800. The number of carbonyl (C=O) groups is 3. The van der Waals surface area contributed by atoms with Gasteiger partial charge in [-0.15, -0.1) is 0 Å². The van der Waals surface area contributed by atoms with Gasteiger partial charge in [-0.05, 0) is 47.7 Å². The molecule has 0 spiro atoms. The number of halogens is 1. The Balaban J connectivity index is 1.55. The van der Waals surface area contributed by atoms with Crippen molar-refractivity contribution in [3.63, 3.8) is 0 Å². The number of nitrogens with zero attached hydrogens (tertiary/aromatic N) is 1. The van der Waals surface area contributed by atoms with E-state index in [1.165, 1.54) is 0 Å². The van der Waals surface area contributed by atoms with Crippen molar-refractivity contribution >= 4 is 29.3 Å². The summed E-state index contributed by atoms with van der Waals surface area (Å²) in [4.78, 5) is 47.6. The minimum Gasteiger partial charge on any atom is -0.354 e.